The predicted molar refractivity (Wildman–Crippen MR) is 128 cm³/mol. The Kier molecular flexibility index (Phi) is 4.33. The van der Waals surface area contributed by atoms with Gasteiger partial charge in [-0.1, -0.05) is 42.0 Å². The molecule has 5 heteroatoms. The van der Waals surface area contributed by atoms with Gasteiger partial charge in [-0.2, -0.15) is 0 Å². The lowest BCUT2D eigenvalue weighted by Crippen LogP contribution is -2.26. The molecule has 0 aliphatic heterocycles. The average Bonchev–Trinajstić information content (AvgIpc) is 3.05. The molecule has 0 fully saturated rings. The number of hydrogen-bond acceptors (Lipinski definition) is 5. The van der Waals surface area contributed by atoms with Gasteiger partial charge in [0, 0.05) is 46.9 Å². The van der Waals surface area contributed by atoms with Gasteiger partial charge in [0.25, 0.3) is 0 Å². The van der Waals surface area contributed by atoms with Crippen molar-refractivity contribution in [3.8, 4) is 28.7 Å². The zero-order valence-electron chi connectivity index (χ0n) is 18.5. The van der Waals surface area contributed by atoms with Crippen molar-refractivity contribution in [1.29, 1.82) is 0 Å². The van der Waals surface area contributed by atoms with Crippen LogP contribution in [0.4, 0.5) is 0 Å². The maximum atomic E-state index is 11.1. The molecule has 4 aromatic carbocycles. The summed E-state index contributed by atoms with van der Waals surface area (Å²) in [5, 5.41) is 52.8. The van der Waals surface area contributed by atoms with Crippen molar-refractivity contribution in [3.63, 3.8) is 0 Å². The average molecular weight is 453 g/mol. The molecule has 0 aromatic heterocycles. The number of fused-ring (bicyclic) bond motifs is 7. The highest BCUT2D eigenvalue weighted by Gasteiger charge is 2.53. The standard InChI is InChI=1S/C29H24O5/c1-14-2-4-15(5-3-14)25-28-21-11-19(32)13-23(34)27(21)29(25)20-10-18(31)12-22(33)26(20)24(28)16-6-8-17(30)9-7-16/h2-13,24-25,28-34H,1H3/t24-,25?,28?,29?/m1/s1. The molecule has 170 valence electrons. The van der Waals surface area contributed by atoms with Crippen LogP contribution < -0.4 is 0 Å². The minimum absolute atomic E-state index is 0.000231. The second-order valence-corrected chi connectivity index (χ2v) is 9.44. The molecular formula is C29H24O5. The fourth-order valence-electron chi connectivity index (χ4n) is 6.24. The van der Waals surface area contributed by atoms with Gasteiger partial charge in [-0.25, -0.2) is 0 Å². The van der Waals surface area contributed by atoms with Crippen molar-refractivity contribution < 1.29 is 25.5 Å². The SMILES string of the molecule is Cc1ccc(C2C3c4cc(O)cc(O)c4[C@@H](c4ccc(O)cc4)C2c2cc(O)cc(O)c23)cc1. The molecule has 4 aromatic rings. The summed E-state index contributed by atoms with van der Waals surface area (Å²) in [5.41, 5.74) is 6.07. The number of phenols is 5. The summed E-state index contributed by atoms with van der Waals surface area (Å²) < 4.78 is 0. The van der Waals surface area contributed by atoms with E-state index in [1.807, 2.05) is 19.1 Å². The lowest BCUT2D eigenvalue weighted by atomic mass is 9.63. The first-order valence-electron chi connectivity index (χ1n) is 11.3. The highest BCUT2D eigenvalue weighted by Crippen LogP contribution is 2.68. The van der Waals surface area contributed by atoms with Crippen molar-refractivity contribution in [2.45, 2.75) is 30.6 Å². The molecule has 2 bridgehead atoms. The van der Waals surface area contributed by atoms with Crippen molar-refractivity contribution in [2.24, 2.45) is 0 Å². The molecule has 4 atom stereocenters. The molecule has 0 saturated carbocycles. The van der Waals surface area contributed by atoms with Crippen LogP contribution in [0.25, 0.3) is 0 Å². The Morgan fingerprint density at radius 3 is 1.65 bits per heavy atom. The summed E-state index contributed by atoms with van der Waals surface area (Å²) in [6, 6.07) is 21.3. The van der Waals surface area contributed by atoms with Gasteiger partial charge in [0.2, 0.25) is 0 Å². The third-order valence-corrected chi connectivity index (χ3v) is 7.49. The van der Waals surface area contributed by atoms with E-state index < -0.39 is 0 Å². The lowest BCUT2D eigenvalue weighted by Gasteiger charge is -2.40. The molecule has 34 heavy (non-hydrogen) atoms. The highest BCUT2D eigenvalue weighted by molar-refractivity contribution is 5.68. The zero-order valence-corrected chi connectivity index (χ0v) is 18.5. The van der Waals surface area contributed by atoms with Crippen LogP contribution >= 0.6 is 0 Å². The molecule has 3 unspecified atom stereocenters. The Morgan fingerprint density at radius 2 is 1.03 bits per heavy atom. The summed E-state index contributed by atoms with van der Waals surface area (Å²) in [6.07, 6.45) is 0. The van der Waals surface area contributed by atoms with Gasteiger partial charge in [-0.3, -0.25) is 0 Å². The van der Waals surface area contributed by atoms with Gasteiger partial charge >= 0.3 is 0 Å². The number of phenolic OH excluding ortho intramolecular Hbond substituents is 5. The first-order chi connectivity index (χ1) is 16.3. The van der Waals surface area contributed by atoms with Crippen LogP contribution in [0.5, 0.6) is 28.7 Å². The molecule has 0 spiro atoms. The fourth-order valence-corrected chi connectivity index (χ4v) is 6.24. The molecule has 0 amide bonds. The summed E-state index contributed by atoms with van der Waals surface area (Å²) >= 11 is 0. The number of rotatable bonds is 2. The van der Waals surface area contributed by atoms with Gasteiger partial charge in [0.05, 0.1) is 0 Å². The van der Waals surface area contributed by atoms with Crippen molar-refractivity contribution >= 4 is 0 Å². The maximum absolute atomic E-state index is 11.1. The predicted octanol–water partition coefficient (Wildman–Crippen LogP) is 5.68. The fraction of sp³-hybridized carbons (Fsp3) is 0.172. The molecule has 2 aliphatic carbocycles. The smallest absolute Gasteiger partial charge is 0.123 e. The lowest BCUT2D eigenvalue weighted by molar-refractivity contribution is 0.406. The monoisotopic (exact) mass is 452 g/mol. The minimum atomic E-state index is -0.332. The van der Waals surface area contributed by atoms with Gasteiger partial charge < -0.3 is 25.5 Å². The molecule has 0 heterocycles. The van der Waals surface area contributed by atoms with Crippen LogP contribution in [0.15, 0.2) is 72.8 Å². The van der Waals surface area contributed by atoms with E-state index in [0.717, 1.165) is 27.8 Å². The Hall–Kier alpha value is -4.12. The van der Waals surface area contributed by atoms with Crippen LogP contribution in [0.3, 0.4) is 0 Å². The van der Waals surface area contributed by atoms with Crippen molar-refractivity contribution in [1.82, 2.24) is 0 Å². The Labute approximate surface area is 196 Å². The Bertz CT molecular complexity index is 1420. The number of aromatic hydroxyl groups is 5. The molecule has 0 saturated heterocycles. The number of benzene rings is 4. The van der Waals surface area contributed by atoms with E-state index in [1.54, 1.807) is 24.3 Å². The zero-order chi connectivity index (χ0) is 23.7. The first-order valence-corrected chi connectivity index (χ1v) is 11.3. The van der Waals surface area contributed by atoms with Crippen LogP contribution in [-0.2, 0) is 0 Å². The Balaban J connectivity index is 1.72. The molecule has 5 nitrogen and oxygen atoms in total. The number of hydrogen-bond donors (Lipinski definition) is 5. The third-order valence-electron chi connectivity index (χ3n) is 7.49. The highest BCUT2D eigenvalue weighted by atomic mass is 16.3. The van der Waals surface area contributed by atoms with Crippen LogP contribution in [0.2, 0.25) is 0 Å². The molecule has 5 N–H and O–H groups in total. The summed E-state index contributed by atoms with van der Waals surface area (Å²) in [4.78, 5) is 0. The summed E-state index contributed by atoms with van der Waals surface area (Å²) in [7, 11) is 0. The molecule has 6 rings (SSSR count). The summed E-state index contributed by atoms with van der Waals surface area (Å²) in [6.45, 7) is 2.03. The maximum Gasteiger partial charge on any atom is 0.123 e. The van der Waals surface area contributed by atoms with E-state index in [9.17, 15) is 25.5 Å². The minimum Gasteiger partial charge on any atom is -0.508 e. The normalized spacial score (nSPS) is 22.3. The topological polar surface area (TPSA) is 101 Å². The first kappa shape index (κ1) is 20.5. The van der Waals surface area contributed by atoms with Crippen LogP contribution in [0.1, 0.15) is 62.6 Å². The van der Waals surface area contributed by atoms with E-state index in [4.69, 9.17) is 0 Å². The Morgan fingerprint density at radius 1 is 0.500 bits per heavy atom. The largest absolute Gasteiger partial charge is 0.508 e. The van der Waals surface area contributed by atoms with Crippen LogP contribution in [-0.4, -0.2) is 25.5 Å². The second-order valence-electron chi connectivity index (χ2n) is 9.44. The molecule has 2 aliphatic rings. The third kappa shape index (κ3) is 2.86. The van der Waals surface area contributed by atoms with Crippen molar-refractivity contribution in [3.05, 3.63) is 112 Å². The summed E-state index contributed by atoms with van der Waals surface area (Å²) in [5.74, 6) is -0.887. The van der Waals surface area contributed by atoms with Gasteiger partial charge in [-0.15, -0.1) is 0 Å². The van der Waals surface area contributed by atoms with E-state index >= 15 is 0 Å². The van der Waals surface area contributed by atoms with Gasteiger partial charge in [-0.05, 0) is 53.4 Å². The van der Waals surface area contributed by atoms with E-state index in [0.29, 0.717) is 11.1 Å². The van der Waals surface area contributed by atoms with Gasteiger partial charge in [0.15, 0.2) is 0 Å². The van der Waals surface area contributed by atoms with E-state index in [1.165, 1.54) is 12.1 Å². The molecular weight excluding hydrogens is 428 g/mol. The number of aryl methyl sites for hydroxylation is 1. The van der Waals surface area contributed by atoms with Crippen molar-refractivity contribution in [2.75, 3.05) is 0 Å². The molecule has 0 radical (unpaired) electrons. The second kappa shape index (κ2) is 7.19. The van der Waals surface area contributed by atoms with E-state index in [-0.39, 0.29) is 52.4 Å². The quantitative estimate of drug-likeness (QED) is 0.269. The van der Waals surface area contributed by atoms with Crippen LogP contribution in [0, 0.1) is 6.92 Å². The van der Waals surface area contributed by atoms with Gasteiger partial charge in [0.1, 0.15) is 28.7 Å². The van der Waals surface area contributed by atoms with E-state index in [2.05, 4.69) is 24.3 Å².